The lowest BCUT2D eigenvalue weighted by molar-refractivity contribution is -0.107. The number of carbonyl (C=O) groups is 1. The van der Waals surface area contributed by atoms with E-state index in [4.69, 9.17) is 0 Å². The summed E-state index contributed by atoms with van der Waals surface area (Å²) in [6, 6.07) is 0. The van der Waals surface area contributed by atoms with Crippen molar-refractivity contribution in [3.63, 3.8) is 0 Å². The highest BCUT2D eigenvalue weighted by Crippen LogP contribution is 2.49. The highest BCUT2D eigenvalue weighted by molar-refractivity contribution is 8.02. The lowest BCUT2D eigenvalue weighted by atomic mass is 9.98. The van der Waals surface area contributed by atoms with Crippen LogP contribution in [0.15, 0.2) is 9.59 Å². The van der Waals surface area contributed by atoms with Gasteiger partial charge in [-0.3, -0.25) is 0 Å². The second kappa shape index (κ2) is 2.89. The Morgan fingerprint density at radius 2 is 2.33 bits per heavy atom. The Balaban J connectivity index is 2.43. The minimum atomic E-state index is 0.158. The van der Waals surface area contributed by atoms with Gasteiger partial charge in [-0.05, 0) is 23.4 Å². The maximum Gasteiger partial charge on any atom is 0.133 e. The molecule has 1 aromatic rings. The Hall–Kier alpha value is -0.280. The lowest BCUT2D eigenvalue weighted by Crippen LogP contribution is -2.08. The lowest BCUT2D eigenvalue weighted by Gasteiger charge is -2.07. The molecule has 2 heterocycles. The summed E-state index contributed by atoms with van der Waals surface area (Å²) in [6.07, 6.45) is 1.07. The van der Waals surface area contributed by atoms with Gasteiger partial charge in [-0.1, -0.05) is 6.92 Å². The van der Waals surface area contributed by atoms with Crippen molar-refractivity contribution in [1.82, 2.24) is 0 Å². The Kier molecular flexibility index (Phi) is 2.00. The van der Waals surface area contributed by atoms with Crippen LogP contribution in [0.3, 0.4) is 0 Å². The molecule has 0 radical (unpaired) electrons. The van der Waals surface area contributed by atoms with Crippen molar-refractivity contribution in [1.29, 1.82) is 0 Å². The fraction of sp³-hybridized carbons (Fsp3) is 0.444. The summed E-state index contributed by atoms with van der Waals surface area (Å²) in [5.74, 6) is 0.411. The van der Waals surface area contributed by atoms with E-state index in [-0.39, 0.29) is 5.25 Å². The van der Waals surface area contributed by atoms with E-state index in [9.17, 15) is 4.79 Å². The van der Waals surface area contributed by atoms with Crippen molar-refractivity contribution in [3.8, 4) is 0 Å². The molecule has 1 aliphatic heterocycles. The number of aryl methyl sites for hydroxylation is 1. The van der Waals surface area contributed by atoms with Crippen LogP contribution < -0.4 is 0 Å². The highest BCUT2D eigenvalue weighted by Gasteiger charge is 2.32. The summed E-state index contributed by atoms with van der Waals surface area (Å²) >= 11 is 3.48. The van der Waals surface area contributed by atoms with Gasteiger partial charge in [-0.25, -0.2) is 0 Å². The molecule has 0 saturated carbocycles. The van der Waals surface area contributed by atoms with E-state index in [1.165, 1.54) is 15.3 Å². The molecule has 12 heavy (non-hydrogen) atoms. The molecule has 3 heteroatoms. The molecule has 64 valence electrons. The number of carbonyl (C=O) groups excluding carboxylic acids is 1. The summed E-state index contributed by atoms with van der Waals surface area (Å²) in [6.45, 7) is 4.26. The summed E-state index contributed by atoms with van der Waals surface area (Å²) in [5, 5.41) is 2.33. The quantitative estimate of drug-likeness (QED) is 0.645. The molecular weight excluding hydrogens is 188 g/mol. The molecule has 0 bridgehead atoms. The zero-order valence-electron chi connectivity index (χ0n) is 7.03. The largest absolute Gasteiger partial charge is 0.302 e. The van der Waals surface area contributed by atoms with E-state index in [0.717, 1.165) is 6.29 Å². The minimum absolute atomic E-state index is 0.158. The summed E-state index contributed by atoms with van der Waals surface area (Å²) < 4.78 is 1.34. The van der Waals surface area contributed by atoms with Gasteiger partial charge >= 0.3 is 0 Å². The molecule has 1 aliphatic rings. The molecule has 2 unspecified atom stereocenters. The Labute approximate surface area is 80.2 Å². The monoisotopic (exact) mass is 198 g/mol. The summed E-state index contributed by atoms with van der Waals surface area (Å²) in [5.41, 5.74) is 2.75. The van der Waals surface area contributed by atoms with Crippen molar-refractivity contribution in [2.75, 3.05) is 0 Å². The number of rotatable bonds is 1. The fourth-order valence-electron chi connectivity index (χ4n) is 1.60. The van der Waals surface area contributed by atoms with Crippen LogP contribution in [0.2, 0.25) is 0 Å². The third kappa shape index (κ3) is 1.04. The molecule has 0 amide bonds. The summed E-state index contributed by atoms with van der Waals surface area (Å²) in [4.78, 5) is 10.7. The van der Waals surface area contributed by atoms with Gasteiger partial charge in [0.05, 0.1) is 9.46 Å². The third-order valence-electron chi connectivity index (χ3n) is 2.31. The van der Waals surface area contributed by atoms with Crippen LogP contribution in [0.5, 0.6) is 0 Å². The first-order valence-corrected chi connectivity index (χ1v) is 5.70. The molecule has 0 saturated heterocycles. The smallest absolute Gasteiger partial charge is 0.133 e. The first kappa shape index (κ1) is 8.32. The molecule has 2 rings (SSSR count). The van der Waals surface area contributed by atoms with Crippen LogP contribution in [0.25, 0.3) is 0 Å². The Morgan fingerprint density at radius 3 is 2.92 bits per heavy atom. The maximum absolute atomic E-state index is 10.7. The first-order valence-electron chi connectivity index (χ1n) is 3.94. The predicted octanol–water partition coefficient (Wildman–Crippen LogP) is 2.83. The Morgan fingerprint density at radius 1 is 1.58 bits per heavy atom. The zero-order valence-corrected chi connectivity index (χ0v) is 8.67. The fourth-order valence-corrected chi connectivity index (χ4v) is 4.30. The topological polar surface area (TPSA) is 17.1 Å². The van der Waals surface area contributed by atoms with Gasteiger partial charge in [0.1, 0.15) is 6.29 Å². The van der Waals surface area contributed by atoms with Crippen molar-refractivity contribution < 1.29 is 4.79 Å². The average Bonchev–Trinajstić information content (AvgIpc) is 2.55. The van der Waals surface area contributed by atoms with Crippen LogP contribution in [0.4, 0.5) is 0 Å². The number of thiophene rings is 1. The van der Waals surface area contributed by atoms with E-state index < -0.39 is 0 Å². The van der Waals surface area contributed by atoms with Gasteiger partial charge in [-0.15, -0.1) is 23.1 Å². The second-order valence-electron chi connectivity index (χ2n) is 3.13. The van der Waals surface area contributed by atoms with Crippen LogP contribution in [-0.2, 0) is 4.79 Å². The second-order valence-corrected chi connectivity index (χ2v) is 5.45. The number of hydrogen-bond acceptors (Lipinski definition) is 3. The van der Waals surface area contributed by atoms with E-state index >= 15 is 0 Å². The first-order chi connectivity index (χ1) is 5.74. The van der Waals surface area contributed by atoms with Crippen molar-refractivity contribution in [2.24, 2.45) is 0 Å². The minimum Gasteiger partial charge on any atom is -0.302 e. The van der Waals surface area contributed by atoms with Gasteiger partial charge in [0.15, 0.2) is 0 Å². The van der Waals surface area contributed by atoms with Crippen molar-refractivity contribution in [2.45, 2.75) is 29.2 Å². The molecule has 0 aliphatic carbocycles. The molecule has 0 spiro atoms. The van der Waals surface area contributed by atoms with Crippen LogP contribution in [-0.4, -0.2) is 11.5 Å². The SMILES string of the molecule is Cc1csc2c1C(C)C(C=O)S2. The predicted molar refractivity (Wildman–Crippen MR) is 53.2 cm³/mol. The normalized spacial score (nSPS) is 27.2. The van der Waals surface area contributed by atoms with Gasteiger partial charge in [-0.2, -0.15) is 0 Å². The molecule has 1 aromatic heterocycles. The molecule has 0 aromatic carbocycles. The summed E-state index contributed by atoms with van der Waals surface area (Å²) in [7, 11) is 0. The van der Waals surface area contributed by atoms with Gasteiger partial charge < -0.3 is 4.79 Å². The van der Waals surface area contributed by atoms with Crippen LogP contribution in [0, 0.1) is 6.92 Å². The van der Waals surface area contributed by atoms with Crippen LogP contribution >= 0.6 is 23.1 Å². The van der Waals surface area contributed by atoms with E-state index in [1.807, 2.05) is 0 Å². The standard InChI is InChI=1S/C9H10OS2/c1-5-4-11-9-8(5)6(2)7(3-10)12-9/h3-4,6-7H,1-2H3. The maximum atomic E-state index is 10.7. The number of fused-ring (bicyclic) bond motifs is 1. The van der Waals surface area contributed by atoms with Crippen molar-refractivity contribution in [3.05, 3.63) is 16.5 Å². The van der Waals surface area contributed by atoms with Crippen LogP contribution in [0.1, 0.15) is 24.0 Å². The van der Waals surface area contributed by atoms with Crippen molar-refractivity contribution >= 4 is 29.4 Å². The zero-order chi connectivity index (χ0) is 8.72. The van der Waals surface area contributed by atoms with E-state index in [1.54, 1.807) is 23.1 Å². The van der Waals surface area contributed by atoms with E-state index in [0.29, 0.717) is 5.92 Å². The highest BCUT2D eigenvalue weighted by atomic mass is 32.2. The van der Waals surface area contributed by atoms with Gasteiger partial charge in [0.25, 0.3) is 0 Å². The van der Waals surface area contributed by atoms with E-state index in [2.05, 4.69) is 19.2 Å². The number of hydrogen-bond donors (Lipinski definition) is 0. The van der Waals surface area contributed by atoms with Gasteiger partial charge in [0, 0.05) is 5.92 Å². The molecule has 2 atom stereocenters. The molecule has 0 fully saturated rings. The Bertz CT molecular complexity index is 316. The third-order valence-corrected chi connectivity index (χ3v) is 5.02. The molecule has 1 nitrogen and oxygen atoms in total. The number of aldehydes is 1. The average molecular weight is 198 g/mol. The molecular formula is C9H10OS2. The molecule has 0 N–H and O–H groups in total. The number of thioether (sulfide) groups is 1. The van der Waals surface area contributed by atoms with Gasteiger partial charge in [0.2, 0.25) is 0 Å².